The summed E-state index contributed by atoms with van der Waals surface area (Å²) in [6.45, 7) is 0. The maximum absolute atomic E-state index is 13.3. The van der Waals surface area contributed by atoms with Gasteiger partial charge in [-0.2, -0.15) is 0 Å². The van der Waals surface area contributed by atoms with E-state index in [1.54, 1.807) is 24.3 Å². The van der Waals surface area contributed by atoms with Gasteiger partial charge < -0.3 is 24.0 Å². The second kappa shape index (κ2) is 5.60. The fourth-order valence-corrected chi connectivity index (χ4v) is 5.04. The van der Waals surface area contributed by atoms with Crippen LogP contribution < -0.4 is 24.0 Å². The van der Waals surface area contributed by atoms with E-state index in [9.17, 15) is 13.2 Å². The Balaban J connectivity index is 0.00000133. The van der Waals surface area contributed by atoms with E-state index in [-0.39, 0.29) is 29.9 Å². The molecule has 0 spiro atoms. The highest BCUT2D eigenvalue weighted by Crippen LogP contribution is 2.55. The molecule has 1 aliphatic carbocycles. The zero-order valence-corrected chi connectivity index (χ0v) is 13.2. The van der Waals surface area contributed by atoms with Gasteiger partial charge in [0.1, 0.15) is 0 Å². The lowest BCUT2D eigenvalue weighted by Gasteiger charge is -2.05. The van der Waals surface area contributed by atoms with Gasteiger partial charge in [0.15, 0.2) is 9.58 Å². The zero-order valence-electron chi connectivity index (χ0n) is 10.2. The van der Waals surface area contributed by atoms with Crippen molar-refractivity contribution in [1.29, 1.82) is 0 Å². The number of fused-ring (bicyclic) bond motifs is 1. The third kappa shape index (κ3) is 2.77. The van der Waals surface area contributed by atoms with Gasteiger partial charge in [-0.25, -0.2) is 0 Å². The molecule has 1 heterocycles. The standard InChI is InChI=1S/C14H14F3S.HI/c15-14(16,17)18-12-8-4-3-7-11(12)9-13(18)10-5-1-2-6-10;/h3-4,7-10H,1-2,5-6H2;1H/q+1;/p-1. The highest BCUT2D eigenvalue weighted by Gasteiger charge is 2.49. The van der Waals surface area contributed by atoms with Crippen LogP contribution in [0.2, 0.25) is 0 Å². The molecule has 1 atom stereocenters. The number of alkyl halides is 3. The Hall–Kier alpha value is -0.300. The summed E-state index contributed by atoms with van der Waals surface area (Å²) in [7, 11) is -1.69. The molecule has 19 heavy (non-hydrogen) atoms. The van der Waals surface area contributed by atoms with Gasteiger partial charge in [0.2, 0.25) is 0 Å². The van der Waals surface area contributed by atoms with E-state index >= 15 is 0 Å². The van der Waals surface area contributed by atoms with Crippen molar-refractivity contribution in [2.45, 2.75) is 37.1 Å². The van der Waals surface area contributed by atoms with Crippen LogP contribution in [0.4, 0.5) is 13.2 Å². The Morgan fingerprint density at radius 1 is 1.05 bits per heavy atom. The van der Waals surface area contributed by atoms with Gasteiger partial charge in [-0.1, -0.05) is 25.0 Å². The molecule has 2 aromatic rings. The smallest absolute Gasteiger partial charge is 0.600 e. The molecule has 0 N–H and O–H groups in total. The molecule has 1 fully saturated rings. The SMILES string of the molecule is FC(F)(F)[s+]1c(C2CCCC2)cc2ccccc21.[I-]. The molecule has 3 rings (SSSR count). The predicted octanol–water partition coefficient (Wildman–Crippen LogP) is 2.73. The Kier molecular flexibility index (Phi) is 4.45. The van der Waals surface area contributed by atoms with Gasteiger partial charge in [0, 0.05) is 17.4 Å². The van der Waals surface area contributed by atoms with Crippen molar-refractivity contribution in [2.24, 2.45) is 0 Å². The minimum Gasteiger partial charge on any atom is -1.00 e. The maximum Gasteiger partial charge on any atom is 0.600 e. The second-order valence-electron chi connectivity index (χ2n) is 4.82. The molecule has 1 aliphatic rings. The van der Waals surface area contributed by atoms with Gasteiger partial charge >= 0.3 is 5.51 Å². The highest BCUT2D eigenvalue weighted by atomic mass is 127. The molecule has 5 heteroatoms. The molecule has 0 saturated heterocycles. The lowest BCUT2D eigenvalue weighted by Crippen LogP contribution is -3.00. The Bertz CT molecular complexity index is 568. The van der Waals surface area contributed by atoms with E-state index in [1.165, 1.54) is 0 Å². The highest BCUT2D eigenvalue weighted by molar-refractivity contribution is 7.38. The first kappa shape index (κ1) is 15.1. The van der Waals surface area contributed by atoms with Crippen LogP contribution in [0.5, 0.6) is 0 Å². The third-order valence-corrected chi connectivity index (χ3v) is 5.86. The number of benzene rings is 1. The fourth-order valence-electron chi connectivity index (χ4n) is 2.88. The zero-order chi connectivity index (χ0) is 12.8. The largest absolute Gasteiger partial charge is 1.00 e. The first-order valence-corrected chi connectivity index (χ1v) is 7.41. The average Bonchev–Trinajstić information content (AvgIpc) is 2.94. The van der Waals surface area contributed by atoms with Crippen LogP contribution in [0.15, 0.2) is 30.3 Å². The van der Waals surface area contributed by atoms with E-state index in [0.29, 0.717) is 9.58 Å². The van der Waals surface area contributed by atoms with Crippen molar-refractivity contribution in [1.82, 2.24) is 0 Å². The van der Waals surface area contributed by atoms with Crippen LogP contribution in [0.1, 0.15) is 36.5 Å². The van der Waals surface area contributed by atoms with Crippen molar-refractivity contribution >= 4 is 20.6 Å². The summed E-state index contributed by atoms with van der Waals surface area (Å²) in [6, 6.07) is 8.73. The summed E-state index contributed by atoms with van der Waals surface area (Å²) >= 11 is 0. The Labute approximate surface area is 130 Å². The van der Waals surface area contributed by atoms with Crippen LogP contribution in [0, 0.1) is 0 Å². The molecular weight excluding hydrogens is 384 g/mol. The normalized spacial score (nSPS) is 17.7. The number of rotatable bonds is 1. The molecular formula is C14H14F3IS. The van der Waals surface area contributed by atoms with Crippen molar-refractivity contribution in [3.05, 3.63) is 35.2 Å². The van der Waals surface area contributed by atoms with Gasteiger partial charge in [-0.15, -0.1) is 13.2 Å². The monoisotopic (exact) mass is 398 g/mol. The van der Waals surface area contributed by atoms with E-state index in [4.69, 9.17) is 0 Å². The summed E-state index contributed by atoms with van der Waals surface area (Å²) in [5.74, 6) is 0.141. The van der Waals surface area contributed by atoms with E-state index in [2.05, 4.69) is 0 Å². The summed E-state index contributed by atoms with van der Waals surface area (Å²) in [6.07, 6.45) is 3.96. The molecule has 0 radical (unpaired) electrons. The second-order valence-corrected chi connectivity index (χ2v) is 6.80. The molecule has 0 aliphatic heterocycles. The number of halogens is 4. The molecule has 0 bridgehead atoms. The molecule has 1 saturated carbocycles. The number of hydrogen-bond donors (Lipinski definition) is 0. The van der Waals surface area contributed by atoms with Crippen LogP contribution in [0.3, 0.4) is 0 Å². The minimum absolute atomic E-state index is 0. The molecule has 1 aromatic heterocycles. The van der Waals surface area contributed by atoms with Crippen LogP contribution in [0.25, 0.3) is 10.1 Å². The van der Waals surface area contributed by atoms with Gasteiger partial charge in [0.25, 0.3) is 0 Å². The van der Waals surface area contributed by atoms with Gasteiger partial charge in [-0.3, -0.25) is 0 Å². The summed E-state index contributed by atoms with van der Waals surface area (Å²) in [5, 5.41) is 0.764. The first-order valence-electron chi connectivity index (χ1n) is 6.19. The van der Waals surface area contributed by atoms with Gasteiger partial charge in [0.05, 0.1) is 10.5 Å². The Morgan fingerprint density at radius 2 is 1.68 bits per heavy atom. The molecule has 104 valence electrons. The molecule has 1 aromatic carbocycles. The number of thiophene rings is 1. The van der Waals surface area contributed by atoms with E-state index < -0.39 is 16.0 Å². The van der Waals surface area contributed by atoms with Crippen molar-refractivity contribution in [2.75, 3.05) is 0 Å². The van der Waals surface area contributed by atoms with Crippen molar-refractivity contribution in [3.63, 3.8) is 0 Å². The number of hydrogen-bond acceptors (Lipinski definition) is 0. The molecule has 0 amide bonds. The van der Waals surface area contributed by atoms with Crippen LogP contribution in [-0.2, 0) is 5.51 Å². The summed E-state index contributed by atoms with van der Waals surface area (Å²) < 4.78 is 40.4. The lowest BCUT2D eigenvalue weighted by molar-refractivity contribution is -0.0868. The summed E-state index contributed by atoms with van der Waals surface area (Å²) in [5.41, 5.74) is -4.14. The van der Waals surface area contributed by atoms with E-state index in [1.807, 2.05) is 6.07 Å². The topological polar surface area (TPSA) is 0 Å². The van der Waals surface area contributed by atoms with Crippen LogP contribution in [-0.4, -0.2) is 0 Å². The third-order valence-electron chi connectivity index (χ3n) is 3.66. The molecule has 1 unspecified atom stereocenters. The first-order chi connectivity index (χ1) is 8.57. The molecule has 0 nitrogen and oxygen atoms in total. The van der Waals surface area contributed by atoms with Gasteiger partial charge in [-0.05, 0) is 25.0 Å². The predicted molar refractivity (Wildman–Crippen MR) is 68.9 cm³/mol. The maximum atomic E-state index is 13.3. The minimum atomic E-state index is -4.14. The Morgan fingerprint density at radius 3 is 2.32 bits per heavy atom. The van der Waals surface area contributed by atoms with Crippen molar-refractivity contribution < 1.29 is 37.1 Å². The van der Waals surface area contributed by atoms with E-state index in [0.717, 1.165) is 31.1 Å². The quantitative estimate of drug-likeness (QED) is 0.512. The van der Waals surface area contributed by atoms with Crippen LogP contribution >= 0.6 is 10.5 Å². The average molecular weight is 398 g/mol. The fraction of sp³-hybridized carbons (Fsp3) is 0.429. The summed E-state index contributed by atoms with van der Waals surface area (Å²) in [4.78, 5) is 0.626. The lowest BCUT2D eigenvalue weighted by atomic mass is 10.1. The van der Waals surface area contributed by atoms with Crippen molar-refractivity contribution in [3.8, 4) is 0 Å².